The summed E-state index contributed by atoms with van der Waals surface area (Å²) in [5.74, 6) is -1.80. The number of carbonyl (C=O) groups excluding carboxylic acids is 2. The third kappa shape index (κ3) is 4.20. The predicted molar refractivity (Wildman–Crippen MR) is 98.4 cm³/mol. The number of nitrogens with one attached hydrogen (secondary N) is 1. The highest BCUT2D eigenvalue weighted by Gasteiger charge is 2.37. The van der Waals surface area contributed by atoms with Crippen molar-refractivity contribution in [1.82, 2.24) is 0 Å². The van der Waals surface area contributed by atoms with Gasteiger partial charge in [0, 0.05) is 24.7 Å². The van der Waals surface area contributed by atoms with Crippen molar-refractivity contribution in [2.45, 2.75) is 19.5 Å². The lowest BCUT2D eigenvalue weighted by molar-refractivity contribution is -0.385. The minimum absolute atomic E-state index is 0.0617. The zero-order chi connectivity index (χ0) is 21.3. The van der Waals surface area contributed by atoms with Crippen LogP contribution in [0, 0.1) is 23.0 Å². The lowest BCUT2D eigenvalue weighted by Gasteiger charge is -2.18. The monoisotopic (exact) mass is 407 g/mol. The van der Waals surface area contributed by atoms with Gasteiger partial charge in [0.25, 0.3) is 5.69 Å². The molecule has 0 saturated carbocycles. The van der Waals surface area contributed by atoms with Crippen LogP contribution in [-0.2, 0) is 15.8 Å². The first-order chi connectivity index (χ1) is 13.6. The van der Waals surface area contributed by atoms with E-state index in [4.69, 9.17) is 0 Å². The van der Waals surface area contributed by atoms with Crippen LogP contribution in [0.15, 0.2) is 42.5 Å². The second-order valence-corrected chi connectivity index (χ2v) is 6.65. The van der Waals surface area contributed by atoms with E-state index in [-0.39, 0.29) is 35.6 Å². The highest BCUT2D eigenvalue weighted by atomic mass is 19.4. The number of hydrogen-bond acceptors (Lipinski definition) is 4. The average Bonchev–Trinajstić information content (AvgIpc) is 3.04. The third-order valence-electron chi connectivity index (χ3n) is 4.74. The molecule has 0 spiro atoms. The molecule has 0 bridgehead atoms. The molecule has 0 aliphatic carbocycles. The van der Waals surface area contributed by atoms with Crippen LogP contribution >= 0.6 is 0 Å². The van der Waals surface area contributed by atoms with Gasteiger partial charge >= 0.3 is 6.18 Å². The van der Waals surface area contributed by atoms with Gasteiger partial charge in [-0.25, -0.2) is 0 Å². The van der Waals surface area contributed by atoms with Crippen LogP contribution in [0.5, 0.6) is 0 Å². The molecule has 1 aliphatic heterocycles. The molecule has 1 saturated heterocycles. The molecular formula is C19H16F3N3O4. The van der Waals surface area contributed by atoms with Gasteiger partial charge in [-0.05, 0) is 31.2 Å². The van der Waals surface area contributed by atoms with Crippen molar-refractivity contribution in [3.05, 3.63) is 63.7 Å². The molecule has 2 aromatic carbocycles. The van der Waals surface area contributed by atoms with Gasteiger partial charge in [-0.2, -0.15) is 13.2 Å². The Morgan fingerprint density at radius 3 is 2.59 bits per heavy atom. The first-order valence-corrected chi connectivity index (χ1v) is 8.60. The molecule has 2 amide bonds. The van der Waals surface area contributed by atoms with Gasteiger partial charge in [-0.1, -0.05) is 12.1 Å². The standard InChI is InChI=1S/C19H16F3N3O4/c1-11-15(6-3-7-16(11)25(28)29)23-18(27)12-8-17(26)24(10-12)14-5-2-4-13(9-14)19(20,21)22/h2-7,9,12H,8,10H2,1H3,(H,23,27)/t12-/m0/s1. The van der Waals surface area contributed by atoms with Crippen LogP contribution in [0.1, 0.15) is 17.5 Å². The van der Waals surface area contributed by atoms with Crippen LogP contribution in [-0.4, -0.2) is 23.3 Å². The Hall–Kier alpha value is -3.43. The van der Waals surface area contributed by atoms with E-state index in [1.165, 1.54) is 37.3 Å². The van der Waals surface area contributed by atoms with Crippen LogP contribution in [0.2, 0.25) is 0 Å². The Labute approximate surface area is 163 Å². The van der Waals surface area contributed by atoms with Gasteiger partial charge in [0.15, 0.2) is 0 Å². The summed E-state index contributed by atoms with van der Waals surface area (Å²) in [6.45, 7) is 1.41. The summed E-state index contributed by atoms with van der Waals surface area (Å²) in [6, 6.07) is 8.57. The number of rotatable bonds is 4. The maximum atomic E-state index is 12.9. The Balaban J connectivity index is 1.76. The van der Waals surface area contributed by atoms with Gasteiger partial charge in [0.1, 0.15) is 0 Å². The van der Waals surface area contributed by atoms with Crippen molar-refractivity contribution in [3.63, 3.8) is 0 Å². The molecule has 1 atom stereocenters. The van der Waals surface area contributed by atoms with Crippen LogP contribution in [0.4, 0.5) is 30.2 Å². The van der Waals surface area contributed by atoms with E-state index in [2.05, 4.69) is 5.32 Å². The summed E-state index contributed by atoms with van der Waals surface area (Å²) in [5.41, 5.74) is -0.468. The molecule has 1 aliphatic rings. The van der Waals surface area contributed by atoms with Crippen molar-refractivity contribution >= 4 is 28.9 Å². The maximum Gasteiger partial charge on any atom is 0.416 e. The minimum atomic E-state index is -4.55. The summed E-state index contributed by atoms with van der Waals surface area (Å²) in [6.07, 6.45) is -4.72. The molecule has 7 nitrogen and oxygen atoms in total. The van der Waals surface area contributed by atoms with E-state index in [9.17, 15) is 32.9 Å². The van der Waals surface area contributed by atoms with Gasteiger partial charge < -0.3 is 10.2 Å². The molecule has 1 N–H and O–H groups in total. The summed E-state index contributed by atoms with van der Waals surface area (Å²) < 4.78 is 38.7. The SMILES string of the molecule is Cc1c(NC(=O)[C@H]2CC(=O)N(c3cccc(C(F)(F)F)c3)C2)cccc1[N+](=O)[O-]. The Bertz CT molecular complexity index is 991. The zero-order valence-corrected chi connectivity index (χ0v) is 15.2. The normalized spacial score (nSPS) is 16.8. The number of hydrogen-bond donors (Lipinski definition) is 1. The lowest BCUT2D eigenvalue weighted by Crippen LogP contribution is -2.28. The second kappa shape index (κ2) is 7.53. The molecule has 0 unspecified atom stereocenters. The number of alkyl halides is 3. The Kier molecular flexibility index (Phi) is 5.27. The molecule has 3 rings (SSSR count). The molecule has 1 heterocycles. The highest BCUT2D eigenvalue weighted by molar-refractivity contribution is 6.03. The molecule has 10 heteroatoms. The van der Waals surface area contributed by atoms with E-state index in [0.717, 1.165) is 17.0 Å². The summed E-state index contributed by atoms with van der Waals surface area (Å²) >= 11 is 0. The van der Waals surface area contributed by atoms with E-state index in [1.807, 2.05) is 0 Å². The van der Waals surface area contributed by atoms with Crippen LogP contribution < -0.4 is 10.2 Å². The maximum absolute atomic E-state index is 12.9. The Morgan fingerprint density at radius 2 is 1.93 bits per heavy atom. The summed E-state index contributed by atoms with van der Waals surface area (Å²) in [7, 11) is 0. The van der Waals surface area contributed by atoms with Gasteiger partial charge in [0.05, 0.1) is 27.7 Å². The van der Waals surface area contributed by atoms with Gasteiger partial charge in [0.2, 0.25) is 11.8 Å². The third-order valence-corrected chi connectivity index (χ3v) is 4.74. The fourth-order valence-electron chi connectivity index (χ4n) is 3.17. The lowest BCUT2D eigenvalue weighted by atomic mass is 10.1. The number of amides is 2. The van der Waals surface area contributed by atoms with Crippen molar-refractivity contribution < 1.29 is 27.7 Å². The van der Waals surface area contributed by atoms with E-state index in [0.29, 0.717) is 0 Å². The topological polar surface area (TPSA) is 92.6 Å². The summed E-state index contributed by atoms with van der Waals surface area (Å²) in [4.78, 5) is 36.4. The number of nitro benzene ring substituents is 1. The number of carbonyl (C=O) groups is 2. The average molecular weight is 407 g/mol. The van der Waals surface area contributed by atoms with E-state index >= 15 is 0 Å². The molecule has 0 radical (unpaired) electrons. The van der Waals surface area contributed by atoms with Crippen molar-refractivity contribution in [1.29, 1.82) is 0 Å². The summed E-state index contributed by atoms with van der Waals surface area (Å²) in [5, 5.41) is 13.6. The van der Waals surface area contributed by atoms with Crippen molar-refractivity contribution in [2.75, 3.05) is 16.8 Å². The van der Waals surface area contributed by atoms with E-state index < -0.39 is 34.4 Å². The molecule has 152 valence electrons. The highest BCUT2D eigenvalue weighted by Crippen LogP contribution is 2.34. The number of benzene rings is 2. The molecule has 2 aromatic rings. The predicted octanol–water partition coefficient (Wildman–Crippen LogP) is 3.91. The second-order valence-electron chi connectivity index (χ2n) is 6.65. The minimum Gasteiger partial charge on any atom is -0.325 e. The largest absolute Gasteiger partial charge is 0.416 e. The first kappa shape index (κ1) is 20.3. The first-order valence-electron chi connectivity index (χ1n) is 8.60. The molecule has 0 aromatic heterocycles. The van der Waals surface area contributed by atoms with Gasteiger partial charge in [-0.3, -0.25) is 19.7 Å². The Morgan fingerprint density at radius 1 is 1.24 bits per heavy atom. The fraction of sp³-hybridized carbons (Fsp3) is 0.263. The number of nitrogens with zero attached hydrogens (tertiary/aromatic N) is 2. The van der Waals surface area contributed by atoms with Gasteiger partial charge in [-0.15, -0.1) is 0 Å². The van der Waals surface area contributed by atoms with Crippen molar-refractivity contribution in [2.24, 2.45) is 5.92 Å². The smallest absolute Gasteiger partial charge is 0.325 e. The zero-order valence-electron chi connectivity index (χ0n) is 15.2. The fourth-order valence-corrected chi connectivity index (χ4v) is 3.17. The van der Waals surface area contributed by atoms with E-state index in [1.54, 1.807) is 0 Å². The number of anilines is 2. The quantitative estimate of drug-likeness (QED) is 0.614. The van der Waals surface area contributed by atoms with Crippen molar-refractivity contribution in [3.8, 4) is 0 Å². The number of halogens is 3. The number of nitro groups is 1. The molecule has 29 heavy (non-hydrogen) atoms. The molecular weight excluding hydrogens is 391 g/mol. The molecule has 1 fully saturated rings. The van der Waals surface area contributed by atoms with Crippen LogP contribution in [0.3, 0.4) is 0 Å². The van der Waals surface area contributed by atoms with Crippen LogP contribution in [0.25, 0.3) is 0 Å².